The van der Waals surface area contributed by atoms with Gasteiger partial charge in [-0.15, -0.1) is 23.7 Å². The Bertz CT molecular complexity index is 987. The second-order valence-electron chi connectivity index (χ2n) is 6.69. The first-order valence-electron chi connectivity index (χ1n) is 8.97. The Labute approximate surface area is 185 Å². The third-order valence-electron chi connectivity index (χ3n) is 4.21. The van der Waals surface area contributed by atoms with Gasteiger partial charge in [0.25, 0.3) is 11.8 Å². The normalized spacial score (nSPS) is 10.6. The van der Waals surface area contributed by atoms with Crippen molar-refractivity contribution in [1.29, 1.82) is 0 Å². The van der Waals surface area contributed by atoms with Gasteiger partial charge in [-0.1, -0.05) is 29.8 Å². The van der Waals surface area contributed by atoms with Gasteiger partial charge < -0.3 is 15.5 Å². The van der Waals surface area contributed by atoms with E-state index in [1.165, 1.54) is 11.3 Å². The van der Waals surface area contributed by atoms with Gasteiger partial charge >= 0.3 is 0 Å². The Morgan fingerprint density at radius 3 is 2.38 bits per heavy atom. The van der Waals surface area contributed by atoms with Gasteiger partial charge in [0.1, 0.15) is 4.88 Å². The molecule has 2 amide bonds. The van der Waals surface area contributed by atoms with Gasteiger partial charge in [-0.25, -0.2) is 0 Å². The van der Waals surface area contributed by atoms with Crippen LogP contribution in [0.4, 0.5) is 5.69 Å². The van der Waals surface area contributed by atoms with E-state index in [1.54, 1.807) is 24.3 Å². The lowest BCUT2D eigenvalue weighted by Crippen LogP contribution is -2.27. The van der Waals surface area contributed by atoms with Crippen LogP contribution in [0.5, 0.6) is 0 Å². The zero-order chi connectivity index (χ0) is 20.1. The van der Waals surface area contributed by atoms with E-state index in [-0.39, 0.29) is 24.2 Å². The Kier molecular flexibility index (Phi) is 8.46. The van der Waals surface area contributed by atoms with Crippen molar-refractivity contribution >= 4 is 62.9 Å². The highest BCUT2D eigenvalue weighted by Gasteiger charge is 2.17. The van der Waals surface area contributed by atoms with Crippen molar-refractivity contribution in [2.75, 3.05) is 32.5 Å². The number of thiophene rings is 1. The molecule has 29 heavy (non-hydrogen) atoms. The minimum atomic E-state index is -0.257. The summed E-state index contributed by atoms with van der Waals surface area (Å²) in [4.78, 5) is 27.3. The van der Waals surface area contributed by atoms with E-state index in [4.69, 9.17) is 11.6 Å². The van der Waals surface area contributed by atoms with Crippen LogP contribution in [0.15, 0.2) is 48.5 Å². The van der Waals surface area contributed by atoms with Crippen LogP contribution in [-0.4, -0.2) is 43.9 Å². The van der Waals surface area contributed by atoms with Gasteiger partial charge in [0.15, 0.2) is 0 Å². The monoisotopic (exact) mass is 451 g/mol. The van der Waals surface area contributed by atoms with Gasteiger partial charge in [0.2, 0.25) is 0 Å². The Balaban J connectivity index is 0.00000300. The number of hydrogen-bond donors (Lipinski definition) is 2. The van der Waals surface area contributed by atoms with Gasteiger partial charge in [0, 0.05) is 27.9 Å². The van der Waals surface area contributed by atoms with Gasteiger partial charge in [-0.3, -0.25) is 9.59 Å². The maximum absolute atomic E-state index is 12.6. The predicted molar refractivity (Wildman–Crippen MR) is 124 cm³/mol. The van der Waals surface area contributed by atoms with Crippen molar-refractivity contribution in [2.24, 2.45) is 0 Å². The first-order valence-corrected chi connectivity index (χ1v) is 10.2. The first kappa shape index (κ1) is 23.2. The Hall–Kier alpha value is -2.12. The molecule has 3 rings (SSSR count). The number of benzene rings is 2. The third kappa shape index (κ3) is 5.93. The molecule has 2 aromatic carbocycles. The summed E-state index contributed by atoms with van der Waals surface area (Å²) in [6.07, 6.45) is 0.892. The van der Waals surface area contributed by atoms with E-state index in [2.05, 4.69) is 15.5 Å². The van der Waals surface area contributed by atoms with Gasteiger partial charge in [-0.05, 0) is 57.4 Å². The molecule has 0 fully saturated rings. The van der Waals surface area contributed by atoms with Crippen molar-refractivity contribution < 1.29 is 9.59 Å². The second kappa shape index (κ2) is 10.6. The van der Waals surface area contributed by atoms with Crippen LogP contribution in [0.25, 0.3) is 10.1 Å². The molecule has 0 saturated carbocycles. The van der Waals surface area contributed by atoms with E-state index in [1.807, 2.05) is 38.4 Å². The molecule has 0 saturated heterocycles. The highest BCUT2D eigenvalue weighted by Crippen LogP contribution is 2.35. The zero-order valence-corrected chi connectivity index (χ0v) is 18.6. The number of anilines is 1. The maximum atomic E-state index is 12.6. The number of amides is 2. The topological polar surface area (TPSA) is 61.4 Å². The number of rotatable bonds is 7. The fraction of sp³-hybridized carbons (Fsp3) is 0.238. The largest absolute Gasteiger partial charge is 0.352 e. The molecule has 0 atom stereocenters. The molecular weight excluding hydrogens is 429 g/mol. The Morgan fingerprint density at radius 1 is 1.03 bits per heavy atom. The fourth-order valence-corrected chi connectivity index (χ4v) is 4.16. The average Bonchev–Trinajstić information content (AvgIpc) is 3.02. The summed E-state index contributed by atoms with van der Waals surface area (Å²) in [5.41, 5.74) is 1.17. The summed E-state index contributed by atoms with van der Waals surface area (Å²) in [6, 6.07) is 14.5. The summed E-state index contributed by atoms with van der Waals surface area (Å²) < 4.78 is 0.971. The molecule has 1 heterocycles. The molecule has 2 N–H and O–H groups in total. The quantitative estimate of drug-likeness (QED) is 0.501. The van der Waals surface area contributed by atoms with Crippen molar-refractivity contribution in [1.82, 2.24) is 10.2 Å². The van der Waals surface area contributed by atoms with Gasteiger partial charge in [0.05, 0.1) is 5.02 Å². The first-order chi connectivity index (χ1) is 13.5. The van der Waals surface area contributed by atoms with Crippen LogP contribution in [0.2, 0.25) is 5.02 Å². The summed E-state index contributed by atoms with van der Waals surface area (Å²) >= 11 is 7.72. The third-order valence-corrected chi connectivity index (χ3v) is 5.89. The summed E-state index contributed by atoms with van der Waals surface area (Å²) in [5, 5.41) is 7.07. The number of carbonyl (C=O) groups excluding carboxylic acids is 2. The van der Waals surface area contributed by atoms with Crippen molar-refractivity contribution in [3.05, 3.63) is 64.0 Å². The molecule has 0 spiro atoms. The van der Waals surface area contributed by atoms with Crippen LogP contribution in [-0.2, 0) is 0 Å². The molecule has 5 nitrogen and oxygen atoms in total. The van der Waals surface area contributed by atoms with Crippen LogP contribution in [0, 0.1) is 0 Å². The number of halogens is 2. The van der Waals surface area contributed by atoms with E-state index < -0.39 is 0 Å². The van der Waals surface area contributed by atoms with Crippen molar-refractivity contribution in [3.63, 3.8) is 0 Å². The average molecular weight is 452 g/mol. The van der Waals surface area contributed by atoms with Crippen LogP contribution < -0.4 is 10.6 Å². The van der Waals surface area contributed by atoms with Crippen LogP contribution in [0.1, 0.15) is 26.5 Å². The minimum Gasteiger partial charge on any atom is -0.352 e. The zero-order valence-electron chi connectivity index (χ0n) is 16.2. The lowest BCUT2D eigenvalue weighted by Gasteiger charge is -2.10. The van der Waals surface area contributed by atoms with E-state index >= 15 is 0 Å². The second-order valence-corrected chi connectivity index (χ2v) is 8.12. The molecule has 0 aliphatic heterocycles. The smallest absolute Gasteiger partial charge is 0.267 e. The fourth-order valence-electron chi connectivity index (χ4n) is 2.75. The summed E-state index contributed by atoms with van der Waals surface area (Å²) in [5.74, 6) is -0.378. The SMILES string of the molecule is CN(C)CCCNC(=O)c1ccc(NC(=O)c2sc3ccccc3c2Cl)cc1.Cl. The molecule has 0 aliphatic rings. The number of fused-ring (bicyclic) bond motifs is 1. The lowest BCUT2D eigenvalue weighted by molar-refractivity contribution is 0.0951. The minimum absolute atomic E-state index is 0. The maximum Gasteiger partial charge on any atom is 0.267 e. The number of carbonyl (C=O) groups is 2. The number of nitrogens with one attached hydrogen (secondary N) is 2. The van der Waals surface area contributed by atoms with Crippen molar-refractivity contribution in [2.45, 2.75) is 6.42 Å². The molecule has 0 radical (unpaired) electrons. The number of hydrogen-bond acceptors (Lipinski definition) is 4. The summed E-state index contributed by atoms with van der Waals surface area (Å²) in [6.45, 7) is 1.55. The molecule has 8 heteroatoms. The standard InChI is InChI=1S/C21H22ClN3O2S.ClH/c1-25(2)13-5-12-23-20(26)14-8-10-15(11-9-14)24-21(27)19-18(22)16-6-3-4-7-17(16)28-19;/h3-4,6-11H,5,12-13H2,1-2H3,(H,23,26)(H,24,27);1H. The van der Waals surface area contributed by atoms with E-state index in [0.717, 1.165) is 23.1 Å². The van der Waals surface area contributed by atoms with Crippen LogP contribution in [0.3, 0.4) is 0 Å². The molecule has 154 valence electrons. The molecule has 1 aromatic heterocycles. The van der Waals surface area contributed by atoms with Gasteiger partial charge in [-0.2, -0.15) is 0 Å². The van der Waals surface area contributed by atoms with E-state index in [0.29, 0.717) is 27.7 Å². The molecule has 0 unspecified atom stereocenters. The van der Waals surface area contributed by atoms with E-state index in [9.17, 15) is 9.59 Å². The molecule has 0 bridgehead atoms. The molecular formula is C21H23Cl2N3O2S. The van der Waals surface area contributed by atoms with Crippen molar-refractivity contribution in [3.8, 4) is 0 Å². The number of nitrogens with zero attached hydrogens (tertiary/aromatic N) is 1. The summed E-state index contributed by atoms with van der Waals surface area (Å²) in [7, 11) is 4.00. The highest BCUT2D eigenvalue weighted by molar-refractivity contribution is 7.21. The van der Waals surface area contributed by atoms with Crippen LogP contribution >= 0.6 is 35.3 Å². The lowest BCUT2D eigenvalue weighted by atomic mass is 10.2. The highest BCUT2D eigenvalue weighted by atomic mass is 35.5. The predicted octanol–water partition coefficient (Wildman–Crippen LogP) is 4.91. The molecule has 0 aliphatic carbocycles. The molecule has 3 aromatic rings. The Morgan fingerprint density at radius 2 is 1.72 bits per heavy atom.